The lowest BCUT2D eigenvalue weighted by Gasteiger charge is -2.39. The van der Waals surface area contributed by atoms with Crippen LogP contribution in [0.5, 0.6) is 0 Å². The maximum atomic E-state index is 12.8. The van der Waals surface area contributed by atoms with Crippen LogP contribution in [0.15, 0.2) is 55.1 Å². The van der Waals surface area contributed by atoms with Gasteiger partial charge < -0.3 is 20.6 Å². The molecule has 0 spiro atoms. The Labute approximate surface area is 209 Å². The topological polar surface area (TPSA) is 108 Å². The van der Waals surface area contributed by atoms with Gasteiger partial charge in [0.1, 0.15) is 11.5 Å². The zero-order valence-corrected chi connectivity index (χ0v) is 20.4. The molecule has 6 rings (SSSR count). The Morgan fingerprint density at radius 2 is 2.00 bits per heavy atom. The molecule has 0 bridgehead atoms. The van der Waals surface area contributed by atoms with Crippen molar-refractivity contribution in [3.63, 3.8) is 0 Å². The van der Waals surface area contributed by atoms with Crippen LogP contribution in [-0.4, -0.2) is 49.1 Å². The van der Waals surface area contributed by atoms with Gasteiger partial charge in [0.15, 0.2) is 0 Å². The number of piperidine rings is 1. The van der Waals surface area contributed by atoms with Crippen LogP contribution in [0, 0.1) is 5.92 Å². The summed E-state index contributed by atoms with van der Waals surface area (Å²) >= 11 is 0. The first kappa shape index (κ1) is 22.5. The van der Waals surface area contributed by atoms with E-state index in [4.69, 9.17) is 4.98 Å². The summed E-state index contributed by atoms with van der Waals surface area (Å²) in [6.45, 7) is 5.94. The molecule has 36 heavy (non-hydrogen) atoms. The molecule has 3 N–H and O–H groups in total. The van der Waals surface area contributed by atoms with Crippen LogP contribution in [-0.2, 0) is 6.54 Å². The lowest BCUT2D eigenvalue weighted by Crippen LogP contribution is -2.44. The Morgan fingerprint density at radius 1 is 1.11 bits per heavy atom. The predicted octanol–water partition coefficient (Wildman–Crippen LogP) is 3.77. The fourth-order valence-corrected chi connectivity index (χ4v) is 5.24. The second kappa shape index (κ2) is 8.60. The van der Waals surface area contributed by atoms with E-state index < -0.39 is 5.60 Å². The summed E-state index contributed by atoms with van der Waals surface area (Å²) in [5.41, 5.74) is 4.79. The number of carbonyl (C=O) groups excluding carboxylic acids is 1. The monoisotopic (exact) mass is 483 g/mol. The second-order valence-corrected chi connectivity index (χ2v) is 10.1. The number of amides is 1. The second-order valence-electron chi connectivity index (χ2n) is 10.1. The standard InChI is InChI=1S/C27H29N7O2/c1-27(2,36)17-6-5-10-33(16-17)18-8-9-22(28-12-18)32-20-14-30-25(19-13-31-26(35)24(19)20)21-15-29-23-7-3-4-11-34(21)23/h3-4,7-9,11-12,14-15,17,36H,5-6,10,13,16H2,1-2H3,(H,28,32)(H,31,35)/t17-/m1/s1. The Bertz CT molecular complexity index is 1440. The number of aromatic nitrogens is 4. The third kappa shape index (κ3) is 3.95. The van der Waals surface area contributed by atoms with E-state index >= 15 is 0 Å². The maximum absolute atomic E-state index is 12.8. The molecule has 0 unspecified atom stereocenters. The highest BCUT2D eigenvalue weighted by atomic mass is 16.3. The van der Waals surface area contributed by atoms with Crippen LogP contribution in [0.3, 0.4) is 0 Å². The highest BCUT2D eigenvalue weighted by Crippen LogP contribution is 2.34. The normalized spacial score (nSPS) is 17.8. The van der Waals surface area contributed by atoms with Crippen molar-refractivity contribution >= 4 is 28.7 Å². The minimum Gasteiger partial charge on any atom is -0.390 e. The molecule has 184 valence electrons. The highest BCUT2D eigenvalue weighted by Gasteiger charge is 2.32. The molecule has 1 fully saturated rings. The molecule has 4 aromatic heterocycles. The molecular formula is C27H29N7O2. The van der Waals surface area contributed by atoms with E-state index in [0.29, 0.717) is 23.6 Å². The number of anilines is 3. The van der Waals surface area contributed by atoms with E-state index in [1.807, 2.05) is 61.0 Å². The van der Waals surface area contributed by atoms with Crippen LogP contribution in [0.1, 0.15) is 42.6 Å². The van der Waals surface area contributed by atoms with Crippen molar-refractivity contribution < 1.29 is 9.90 Å². The number of nitrogens with one attached hydrogen (secondary N) is 2. The van der Waals surface area contributed by atoms with Gasteiger partial charge in [0.2, 0.25) is 0 Å². The van der Waals surface area contributed by atoms with Crippen LogP contribution < -0.4 is 15.5 Å². The number of aliphatic hydroxyl groups is 1. The summed E-state index contributed by atoms with van der Waals surface area (Å²) in [6, 6.07) is 9.77. The van der Waals surface area contributed by atoms with Gasteiger partial charge in [0.05, 0.1) is 52.5 Å². The molecule has 4 aromatic rings. The maximum Gasteiger partial charge on any atom is 0.254 e. The van der Waals surface area contributed by atoms with E-state index in [1.54, 1.807) is 12.4 Å². The van der Waals surface area contributed by atoms with Crippen LogP contribution in [0.25, 0.3) is 17.0 Å². The Balaban J connectivity index is 1.27. The van der Waals surface area contributed by atoms with E-state index in [9.17, 15) is 9.90 Å². The molecule has 1 amide bonds. The van der Waals surface area contributed by atoms with Crippen molar-refractivity contribution in [3.05, 3.63) is 66.2 Å². The van der Waals surface area contributed by atoms with Gasteiger partial charge in [-0.25, -0.2) is 9.97 Å². The lowest BCUT2D eigenvalue weighted by molar-refractivity contribution is 0.0110. The zero-order valence-electron chi connectivity index (χ0n) is 20.4. The summed E-state index contributed by atoms with van der Waals surface area (Å²) in [4.78, 5) is 28.9. The van der Waals surface area contributed by atoms with Crippen LogP contribution >= 0.6 is 0 Å². The molecule has 0 aromatic carbocycles. The summed E-state index contributed by atoms with van der Waals surface area (Å²) in [5, 5.41) is 16.7. The number of fused-ring (bicyclic) bond motifs is 2. The van der Waals surface area contributed by atoms with E-state index in [1.165, 1.54) is 0 Å². The molecule has 1 atom stereocenters. The number of hydrogen-bond donors (Lipinski definition) is 3. The zero-order chi connectivity index (χ0) is 24.9. The quantitative estimate of drug-likeness (QED) is 0.397. The van der Waals surface area contributed by atoms with Crippen LogP contribution in [0.2, 0.25) is 0 Å². The van der Waals surface area contributed by atoms with E-state index in [-0.39, 0.29) is 11.8 Å². The number of rotatable bonds is 5. The largest absolute Gasteiger partial charge is 0.390 e. The minimum absolute atomic E-state index is 0.132. The number of carbonyl (C=O) groups is 1. The Kier molecular flexibility index (Phi) is 5.37. The van der Waals surface area contributed by atoms with Gasteiger partial charge in [-0.2, -0.15) is 0 Å². The van der Waals surface area contributed by atoms with Gasteiger partial charge in [0, 0.05) is 37.3 Å². The Hall–Kier alpha value is -3.98. The van der Waals surface area contributed by atoms with Crippen molar-refractivity contribution in [2.45, 2.75) is 38.8 Å². The SMILES string of the molecule is CC(C)(O)[C@@H]1CCCN(c2ccc(Nc3cnc(-c4cnc5ccccn45)c4c3C(=O)NC4)nc2)C1. The van der Waals surface area contributed by atoms with Gasteiger partial charge >= 0.3 is 0 Å². The van der Waals surface area contributed by atoms with Crippen molar-refractivity contribution in [2.75, 3.05) is 23.3 Å². The fraction of sp³-hybridized carbons (Fsp3) is 0.333. The van der Waals surface area contributed by atoms with Gasteiger partial charge in [-0.05, 0) is 51.0 Å². The minimum atomic E-state index is -0.697. The molecule has 0 radical (unpaired) electrons. The molecular weight excluding hydrogens is 454 g/mol. The third-order valence-corrected chi connectivity index (χ3v) is 7.29. The van der Waals surface area contributed by atoms with Crippen molar-refractivity contribution in [3.8, 4) is 11.4 Å². The first-order valence-electron chi connectivity index (χ1n) is 12.3. The molecule has 9 heteroatoms. The van der Waals surface area contributed by atoms with Gasteiger partial charge in [0.25, 0.3) is 5.91 Å². The molecule has 0 saturated carbocycles. The predicted molar refractivity (Wildman–Crippen MR) is 138 cm³/mol. The van der Waals surface area contributed by atoms with Crippen LogP contribution in [0.4, 0.5) is 17.2 Å². The third-order valence-electron chi connectivity index (χ3n) is 7.29. The summed E-state index contributed by atoms with van der Waals surface area (Å²) in [6.07, 6.45) is 9.33. The number of pyridine rings is 3. The van der Waals surface area contributed by atoms with Gasteiger partial charge in [-0.3, -0.25) is 14.2 Å². The average Bonchev–Trinajstić information content (AvgIpc) is 3.49. The lowest BCUT2D eigenvalue weighted by atomic mass is 9.84. The molecule has 0 aliphatic carbocycles. The van der Waals surface area contributed by atoms with E-state index in [0.717, 1.165) is 54.2 Å². The number of hydrogen-bond acceptors (Lipinski definition) is 7. The first-order chi connectivity index (χ1) is 17.4. The smallest absolute Gasteiger partial charge is 0.254 e. The fourth-order valence-electron chi connectivity index (χ4n) is 5.24. The van der Waals surface area contributed by atoms with Crippen molar-refractivity contribution in [1.82, 2.24) is 24.7 Å². The molecule has 6 heterocycles. The number of imidazole rings is 1. The highest BCUT2D eigenvalue weighted by molar-refractivity contribution is 6.05. The van der Waals surface area contributed by atoms with Crippen molar-refractivity contribution in [1.29, 1.82) is 0 Å². The van der Waals surface area contributed by atoms with Crippen molar-refractivity contribution in [2.24, 2.45) is 5.92 Å². The number of nitrogens with zero attached hydrogens (tertiary/aromatic N) is 5. The summed E-state index contributed by atoms with van der Waals surface area (Å²) < 4.78 is 1.97. The molecule has 2 aliphatic heterocycles. The van der Waals surface area contributed by atoms with E-state index in [2.05, 4.69) is 25.5 Å². The molecule has 9 nitrogen and oxygen atoms in total. The molecule has 2 aliphatic rings. The summed E-state index contributed by atoms with van der Waals surface area (Å²) in [7, 11) is 0. The van der Waals surface area contributed by atoms with Gasteiger partial charge in [-0.1, -0.05) is 6.07 Å². The average molecular weight is 484 g/mol. The van der Waals surface area contributed by atoms with Gasteiger partial charge in [-0.15, -0.1) is 0 Å². The Morgan fingerprint density at radius 3 is 2.81 bits per heavy atom. The molecule has 1 saturated heterocycles. The summed E-state index contributed by atoms with van der Waals surface area (Å²) in [5.74, 6) is 0.733. The first-order valence-corrected chi connectivity index (χ1v) is 12.3.